The van der Waals surface area contributed by atoms with Gasteiger partial charge in [-0.15, -0.1) is 11.3 Å². The van der Waals surface area contributed by atoms with Gasteiger partial charge in [-0.25, -0.2) is 0 Å². The van der Waals surface area contributed by atoms with Crippen LogP contribution in [-0.4, -0.2) is 23.5 Å². The molecule has 3 nitrogen and oxygen atoms in total. The third-order valence-electron chi connectivity index (χ3n) is 3.39. The molecule has 0 atom stereocenters. The molecule has 0 unspecified atom stereocenters. The van der Waals surface area contributed by atoms with Crippen LogP contribution in [0.5, 0.6) is 0 Å². The fourth-order valence-electron chi connectivity index (χ4n) is 2.24. The molecule has 0 radical (unpaired) electrons. The first-order valence-corrected chi connectivity index (χ1v) is 7.16. The summed E-state index contributed by atoms with van der Waals surface area (Å²) in [5, 5.41) is 9.17. The zero-order valence-corrected chi connectivity index (χ0v) is 11.8. The van der Waals surface area contributed by atoms with Gasteiger partial charge >= 0.3 is 0 Å². The van der Waals surface area contributed by atoms with Crippen LogP contribution in [0.4, 0.5) is 0 Å². The molecule has 2 aromatic heterocycles. The van der Waals surface area contributed by atoms with Gasteiger partial charge in [-0.1, -0.05) is 6.92 Å². The van der Waals surface area contributed by atoms with E-state index in [1.165, 1.54) is 25.9 Å². The Balaban J connectivity index is 2.36. The fraction of sp³-hybridized carbons (Fsp3) is 0.357. The zero-order valence-electron chi connectivity index (χ0n) is 11.0. The first-order chi connectivity index (χ1) is 8.74. The quantitative estimate of drug-likeness (QED) is 0.719. The molecule has 1 aromatic carbocycles. The maximum atomic E-state index is 4.50. The SMILES string of the molecule is CCc1cc2c(ccc3cnn(N(C)CC)c32)s1. The molecular weight excluding hydrogens is 242 g/mol. The molecule has 0 saturated carbocycles. The molecule has 0 amide bonds. The minimum Gasteiger partial charge on any atom is -0.300 e. The van der Waals surface area contributed by atoms with Gasteiger partial charge in [-0.2, -0.15) is 9.89 Å². The first-order valence-electron chi connectivity index (χ1n) is 6.35. The average Bonchev–Trinajstić information content (AvgIpc) is 2.99. The summed E-state index contributed by atoms with van der Waals surface area (Å²) in [4.78, 5) is 3.45. The van der Waals surface area contributed by atoms with Crippen molar-refractivity contribution in [1.82, 2.24) is 9.89 Å². The van der Waals surface area contributed by atoms with E-state index in [-0.39, 0.29) is 0 Å². The summed E-state index contributed by atoms with van der Waals surface area (Å²) < 4.78 is 1.35. The van der Waals surface area contributed by atoms with Crippen LogP contribution in [0.2, 0.25) is 0 Å². The summed E-state index contributed by atoms with van der Waals surface area (Å²) in [5.74, 6) is 0. The van der Waals surface area contributed by atoms with Crippen LogP contribution in [-0.2, 0) is 6.42 Å². The number of benzene rings is 1. The van der Waals surface area contributed by atoms with Crippen LogP contribution in [0.15, 0.2) is 24.4 Å². The predicted octanol–water partition coefficient (Wildman–Crippen LogP) is 3.40. The van der Waals surface area contributed by atoms with Crippen LogP contribution >= 0.6 is 11.3 Å². The molecular formula is C14H17N3S. The van der Waals surface area contributed by atoms with E-state index in [0.717, 1.165) is 13.0 Å². The van der Waals surface area contributed by atoms with Crippen molar-refractivity contribution < 1.29 is 0 Å². The number of fused-ring (bicyclic) bond motifs is 3. The van der Waals surface area contributed by atoms with E-state index in [1.807, 2.05) is 22.3 Å². The molecule has 0 bridgehead atoms. The van der Waals surface area contributed by atoms with Gasteiger partial charge in [0.15, 0.2) is 0 Å². The Hall–Kier alpha value is -1.55. The summed E-state index contributed by atoms with van der Waals surface area (Å²) in [6, 6.07) is 6.68. The van der Waals surface area contributed by atoms with Gasteiger partial charge in [0, 0.05) is 33.9 Å². The molecule has 4 heteroatoms. The molecule has 94 valence electrons. The van der Waals surface area contributed by atoms with Crippen molar-refractivity contribution in [2.75, 3.05) is 18.6 Å². The van der Waals surface area contributed by atoms with E-state index in [0.29, 0.717) is 0 Å². The van der Waals surface area contributed by atoms with E-state index < -0.39 is 0 Å². The lowest BCUT2D eigenvalue weighted by Crippen LogP contribution is -2.30. The molecule has 0 N–H and O–H groups in total. The van der Waals surface area contributed by atoms with E-state index in [1.54, 1.807) is 0 Å². The minimum absolute atomic E-state index is 0.942. The molecule has 18 heavy (non-hydrogen) atoms. The van der Waals surface area contributed by atoms with E-state index in [9.17, 15) is 0 Å². The average molecular weight is 259 g/mol. The highest BCUT2D eigenvalue weighted by molar-refractivity contribution is 7.19. The third kappa shape index (κ3) is 1.60. The summed E-state index contributed by atoms with van der Waals surface area (Å²) in [6.45, 7) is 5.29. The highest BCUT2D eigenvalue weighted by atomic mass is 32.1. The van der Waals surface area contributed by atoms with Crippen molar-refractivity contribution in [3.63, 3.8) is 0 Å². The van der Waals surface area contributed by atoms with E-state index >= 15 is 0 Å². The van der Waals surface area contributed by atoms with Crippen molar-refractivity contribution in [2.24, 2.45) is 0 Å². The Bertz CT molecular complexity index is 696. The van der Waals surface area contributed by atoms with E-state index in [4.69, 9.17) is 0 Å². The van der Waals surface area contributed by atoms with Gasteiger partial charge in [-0.3, -0.25) is 5.01 Å². The molecule has 0 saturated heterocycles. The minimum atomic E-state index is 0.942. The molecule has 0 aliphatic rings. The number of rotatable bonds is 3. The second kappa shape index (κ2) is 4.28. The Morgan fingerprint density at radius 1 is 1.33 bits per heavy atom. The smallest absolute Gasteiger partial charge is 0.101 e. The van der Waals surface area contributed by atoms with Gasteiger partial charge < -0.3 is 0 Å². The van der Waals surface area contributed by atoms with Gasteiger partial charge in [0.1, 0.15) is 5.52 Å². The second-order valence-corrected chi connectivity index (χ2v) is 5.66. The lowest BCUT2D eigenvalue weighted by molar-refractivity contribution is 0.617. The largest absolute Gasteiger partial charge is 0.300 e. The molecule has 3 rings (SSSR count). The number of hydrogen-bond donors (Lipinski definition) is 0. The maximum absolute atomic E-state index is 4.50. The number of thiophene rings is 1. The molecule has 3 aromatic rings. The van der Waals surface area contributed by atoms with E-state index in [2.05, 4.69) is 49.2 Å². The lowest BCUT2D eigenvalue weighted by Gasteiger charge is -2.17. The third-order valence-corrected chi connectivity index (χ3v) is 4.63. The molecule has 0 aliphatic heterocycles. The number of aryl methyl sites for hydroxylation is 1. The van der Waals surface area contributed by atoms with Crippen molar-refractivity contribution in [3.05, 3.63) is 29.3 Å². The number of nitrogens with zero attached hydrogens (tertiary/aromatic N) is 3. The molecule has 0 aliphatic carbocycles. The Morgan fingerprint density at radius 3 is 2.89 bits per heavy atom. The molecule has 0 fully saturated rings. The Morgan fingerprint density at radius 2 is 2.17 bits per heavy atom. The van der Waals surface area contributed by atoms with Crippen LogP contribution < -0.4 is 5.01 Å². The van der Waals surface area contributed by atoms with Crippen LogP contribution in [0, 0.1) is 0 Å². The summed E-state index contributed by atoms with van der Waals surface area (Å²) in [6.07, 6.45) is 3.04. The van der Waals surface area contributed by atoms with Crippen molar-refractivity contribution in [1.29, 1.82) is 0 Å². The van der Waals surface area contributed by atoms with Crippen molar-refractivity contribution in [2.45, 2.75) is 20.3 Å². The Labute approximate surface area is 111 Å². The first kappa shape index (κ1) is 11.5. The normalized spacial score (nSPS) is 11.5. The van der Waals surface area contributed by atoms with Gasteiger partial charge in [0.2, 0.25) is 0 Å². The highest BCUT2D eigenvalue weighted by Gasteiger charge is 2.11. The monoisotopic (exact) mass is 259 g/mol. The maximum Gasteiger partial charge on any atom is 0.101 e. The van der Waals surface area contributed by atoms with Crippen molar-refractivity contribution in [3.8, 4) is 0 Å². The Kier molecular flexibility index (Phi) is 2.74. The van der Waals surface area contributed by atoms with Gasteiger partial charge in [0.05, 0.1) is 6.20 Å². The fourth-order valence-corrected chi connectivity index (χ4v) is 3.24. The van der Waals surface area contributed by atoms with Crippen LogP contribution in [0.25, 0.3) is 21.0 Å². The summed E-state index contributed by atoms with van der Waals surface area (Å²) in [5.41, 5.74) is 1.23. The summed E-state index contributed by atoms with van der Waals surface area (Å²) >= 11 is 1.88. The van der Waals surface area contributed by atoms with Crippen LogP contribution in [0.1, 0.15) is 18.7 Å². The topological polar surface area (TPSA) is 21.1 Å². The van der Waals surface area contributed by atoms with Gasteiger partial charge in [0.25, 0.3) is 0 Å². The van der Waals surface area contributed by atoms with Gasteiger partial charge in [-0.05, 0) is 31.5 Å². The molecule has 0 spiro atoms. The second-order valence-electron chi connectivity index (χ2n) is 4.49. The molecule has 2 heterocycles. The number of hydrogen-bond acceptors (Lipinski definition) is 3. The lowest BCUT2D eigenvalue weighted by atomic mass is 10.2. The predicted molar refractivity (Wildman–Crippen MR) is 79.2 cm³/mol. The van der Waals surface area contributed by atoms with Crippen molar-refractivity contribution >= 4 is 32.3 Å². The summed E-state index contributed by atoms with van der Waals surface area (Å²) in [7, 11) is 2.07. The highest BCUT2D eigenvalue weighted by Crippen LogP contribution is 2.32. The van der Waals surface area contributed by atoms with Crippen LogP contribution in [0.3, 0.4) is 0 Å². The standard InChI is InChI=1S/C14H17N3S/c1-4-11-8-12-13(18-11)7-6-10-9-15-17(14(10)12)16(3)5-2/h6-9H,4-5H2,1-3H3. The number of aromatic nitrogens is 2. The zero-order chi connectivity index (χ0) is 12.7.